The lowest BCUT2D eigenvalue weighted by Gasteiger charge is -2.09. The highest BCUT2D eigenvalue weighted by molar-refractivity contribution is 6.01. The maximum atomic E-state index is 12.4. The van der Waals surface area contributed by atoms with Gasteiger partial charge in [0.2, 0.25) is 5.91 Å². The lowest BCUT2D eigenvalue weighted by Crippen LogP contribution is -2.13. The van der Waals surface area contributed by atoms with Crippen LogP contribution in [0.1, 0.15) is 23.6 Å². The van der Waals surface area contributed by atoms with Crippen molar-refractivity contribution < 1.29 is 14.3 Å². The Morgan fingerprint density at radius 3 is 2.31 bits per heavy atom. The molecule has 0 aliphatic heterocycles. The lowest BCUT2D eigenvalue weighted by molar-refractivity contribution is -0.111. The molecule has 0 unspecified atom stereocenters. The Morgan fingerprint density at radius 1 is 1.03 bits per heavy atom. The summed E-state index contributed by atoms with van der Waals surface area (Å²) in [6.45, 7) is 2.72. The van der Waals surface area contributed by atoms with Crippen LogP contribution in [0.3, 0.4) is 0 Å². The molecule has 0 atom stereocenters. The van der Waals surface area contributed by atoms with Gasteiger partial charge in [0.15, 0.2) is 0 Å². The quantitative estimate of drug-likeness (QED) is 0.586. The van der Waals surface area contributed by atoms with E-state index in [1.807, 2.05) is 12.1 Å². The monoisotopic (exact) mass is 391 g/mol. The molecule has 0 saturated carbocycles. The zero-order chi connectivity index (χ0) is 20.6. The van der Waals surface area contributed by atoms with Gasteiger partial charge in [-0.1, -0.05) is 31.2 Å². The Bertz CT molecular complexity index is 969. The molecule has 0 aliphatic rings. The molecular weight excluding hydrogens is 366 g/mol. The van der Waals surface area contributed by atoms with Crippen LogP contribution in [0, 0.1) is 0 Å². The van der Waals surface area contributed by atoms with E-state index in [1.165, 1.54) is 11.6 Å². The molecule has 2 aromatic carbocycles. The van der Waals surface area contributed by atoms with Crippen LogP contribution in [0.5, 0.6) is 11.5 Å². The van der Waals surface area contributed by atoms with E-state index in [9.17, 15) is 4.79 Å². The first-order valence-corrected chi connectivity index (χ1v) is 9.43. The number of ether oxygens (including phenoxy) is 2. The Balaban J connectivity index is 1.67. The fourth-order valence-corrected chi connectivity index (χ4v) is 2.88. The van der Waals surface area contributed by atoms with E-state index in [2.05, 4.69) is 41.6 Å². The highest BCUT2D eigenvalue weighted by Gasteiger charge is 2.07. The Hall–Kier alpha value is -3.54. The fourth-order valence-electron chi connectivity index (χ4n) is 2.88. The van der Waals surface area contributed by atoms with E-state index in [1.54, 1.807) is 43.3 Å². The average molecular weight is 391 g/mol. The second kappa shape index (κ2) is 9.59. The van der Waals surface area contributed by atoms with Crippen LogP contribution in [-0.4, -0.2) is 29.9 Å². The van der Waals surface area contributed by atoms with E-state index in [4.69, 9.17) is 9.47 Å². The normalized spacial score (nSPS) is 10.9. The number of hydrogen-bond donors (Lipinski definition) is 1. The number of carbonyl (C=O) groups is 1. The molecule has 29 heavy (non-hydrogen) atoms. The van der Waals surface area contributed by atoms with Crippen molar-refractivity contribution in [1.82, 2.24) is 9.78 Å². The van der Waals surface area contributed by atoms with Crippen molar-refractivity contribution in [3.63, 3.8) is 0 Å². The molecule has 0 fully saturated rings. The summed E-state index contributed by atoms with van der Waals surface area (Å²) in [6.07, 6.45) is 5.87. The summed E-state index contributed by atoms with van der Waals surface area (Å²) in [6, 6.07) is 15.6. The highest BCUT2D eigenvalue weighted by Crippen LogP contribution is 2.23. The number of rotatable bonds is 8. The first-order chi connectivity index (χ1) is 14.1. The van der Waals surface area contributed by atoms with Gasteiger partial charge in [0.05, 0.1) is 27.0 Å². The van der Waals surface area contributed by atoms with Crippen LogP contribution in [0.15, 0.2) is 60.8 Å². The lowest BCUT2D eigenvalue weighted by atomic mass is 10.1. The number of nitrogens with one attached hydrogen (secondary N) is 1. The van der Waals surface area contributed by atoms with Crippen LogP contribution < -0.4 is 14.8 Å². The van der Waals surface area contributed by atoms with Crippen molar-refractivity contribution in [3.8, 4) is 11.5 Å². The molecule has 6 nitrogen and oxygen atoms in total. The summed E-state index contributed by atoms with van der Waals surface area (Å²) in [7, 11) is 3.18. The number of carbonyl (C=O) groups excluding carboxylic acids is 1. The van der Waals surface area contributed by atoms with Crippen molar-refractivity contribution in [2.45, 2.75) is 19.9 Å². The van der Waals surface area contributed by atoms with Gasteiger partial charge < -0.3 is 14.8 Å². The van der Waals surface area contributed by atoms with E-state index in [-0.39, 0.29) is 5.91 Å². The van der Waals surface area contributed by atoms with Crippen LogP contribution >= 0.6 is 0 Å². The topological polar surface area (TPSA) is 65.4 Å². The van der Waals surface area contributed by atoms with E-state index >= 15 is 0 Å². The third-order valence-electron chi connectivity index (χ3n) is 4.53. The van der Waals surface area contributed by atoms with Gasteiger partial charge in [0, 0.05) is 18.2 Å². The van der Waals surface area contributed by atoms with Gasteiger partial charge in [0.25, 0.3) is 0 Å². The number of hydrogen-bond acceptors (Lipinski definition) is 4. The zero-order valence-corrected chi connectivity index (χ0v) is 16.9. The number of amides is 1. The van der Waals surface area contributed by atoms with Crippen molar-refractivity contribution in [1.29, 1.82) is 0 Å². The fraction of sp³-hybridized carbons (Fsp3) is 0.217. The predicted molar refractivity (Wildman–Crippen MR) is 114 cm³/mol. The van der Waals surface area contributed by atoms with Crippen LogP contribution in [-0.2, 0) is 17.8 Å². The second-order valence-electron chi connectivity index (χ2n) is 6.51. The maximum Gasteiger partial charge on any atom is 0.249 e. The largest absolute Gasteiger partial charge is 0.497 e. The Kier molecular flexibility index (Phi) is 6.68. The van der Waals surface area contributed by atoms with Gasteiger partial charge in [-0.2, -0.15) is 5.10 Å². The molecule has 3 rings (SSSR count). The molecule has 1 amide bonds. The molecule has 1 heterocycles. The molecule has 1 aromatic heterocycles. The number of methoxy groups -OCH3 is 2. The van der Waals surface area contributed by atoms with E-state index in [0.29, 0.717) is 23.9 Å². The standard InChI is InChI=1S/C23H25N3O3/c1-4-17-5-7-18(8-6-17)16-26-22(11-12-24-26)25-23(27)10-9-19-13-20(28-2)15-21(14-19)29-3/h5-15H,4,16H2,1-3H3,(H,25,27)/b10-9+. The molecule has 0 saturated heterocycles. The van der Waals surface area contributed by atoms with E-state index in [0.717, 1.165) is 17.5 Å². The van der Waals surface area contributed by atoms with Gasteiger partial charge in [-0.3, -0.25) is 4.79 Å². The van der Waals surface area contributed by atoms with Gasteiger partial charge in [-0.25, -0.2) is 4.68 Å². The minimum absolute atomic E-state index is 0.241. The molecule has 0 bridgehead atoms. The van der Waals surface area contributed by atoms with Crippen LogP contribution in [0.2, 0.25) is 0 Å². The van der Waals surface area contributed by atoms with Crippen molar-refractivity contribution in [2.24, 2.45) is 0 Å². The number of benzene rings is 2. The Morgan fingerprint density at radius 2 is 1.69 bits per heavy atom. The zero-order valence-electron chi connectivity index (χ0n) is 16.9. The Labute approximate surface area is 170 Å². The first kappa shape index (κ1) is 20.2. The molecular formula is C23H25N3O3. The van der Waals surface area contributed by atoms with Crippen molar-refractivity contribution >= 4 is 17.8 Å². The van der Waals surface area contributed by atoms with Gasteiger partial charge >= 0.3 is 0 Å². The molecule has 3 aromatic rings. The predicted octanol–water partition coefficient (Wildman–Crippen LogP) is 4.16. The molecule has 6 heteroatoms. The average Bonchev–Trinajstić information content (AvgIpc) is 3.18. The van der Waals surface area contributed by atoms with Gasteiger partial charge in [-0.05, 0) is 41.3 Å². The first-order valence-electron chi connectivity index (χ1n) is 9.43. The molecule has 1 N–H and O–H groups in total. The molecule has 0 spiro atoms. The number of aromatic nitrogens is 2. The SMILES string of the molecule is CCc1ccc(Cn2nccc2NC(=O)/C=C/c2cc(OC)cc(OC)c2)cc1. The number of nitrogens with zero attached hydrogens (tertiary/aromatic N) is 2. The highest BCUT2D eigenvalue weighted by atomic mass is 16.5. The maximum absolute atomic E-state index is 12.4. The minimum atomic E-state index is -0.241. The summed E-state index contributed by atoms with van der Waals surface area (Å²) in [5.74, 6) is 1.73. The number of aryl methyl sites for hydroxylation is 1. The minimum Gasteiger partial charge on any atom is -0.497 e. The molecule has 150 valence electrons. The van der Waals surface area contributed by atoms with Gasteiger partial charge in [-0.15, -0.1) is 0 Å². The van der Waals surface area contributed by atoms with Crippen molar-refractivity contribution in [3.05, 3.63) is 77.5 Å². The van der Waals surface area contributed by atoms with Gasteiger partial charge in [0.1, 0.15) is 17.3 Å². The summed E-state index contributed by atoms with van der Waals surface area (Å²) >= 11 is 0. The summed E-state index contributed by atoms with van der Waals surface area (Å²) in [5, 5.41) is 7.19. The second-order valence-corrected chi connectivity index (χ2v) is 6.51. The summed E-state index contributed by atoms with van der Waals surface area (Å²) in [4.78, 5) is 12.4. The summed E-state index contributed by atoms with van der Waals surface area (Å²) < 4.78 is 12.3. The summed E-state index contributed by atoms with van der Waals surface area (Å²) in [5.41, 5.74) is 3.23. The van der Waals surface area contributed by atoms with Crippen molar-refractivity contribution in [2.75, 3.05) is 19.5 Å². The van der Waals surface area contributed by atoms with Crippen LogP contribution in [0.4, 0.5) is 5.82 Å². The number of anilines is 1. The molecule has 0 aliphatic carbocycles. The smallest absolute Gasteiger partial charge is 0.249 e. The third-order valence-corrected chi connectivity index (χ3v) is 4.53. The van der Waals surface area contributed by atoms with E-state index < -0.39 is 0 Å². The molecule has 0 radical (unpaired) electrons. The van der Waals surface area contributed by atoms with Crippen LogP contribution in [0.25, 0.3) is 6.08 Å². The third kappa shape index (κ3) is 5.48.